The third-order valence-electron chi connectivity index (χ3n) is 4.87. The third-order valence-corrected chi connectivity index (χ3v) is 4.87. The molecule has 0 radical (unpaired) electrons. The van der Waals surface area contributed by atoms with Crippen molar-refractivity contribution in [3.05, 3.63) is 45.8 Å². The van der Waals surface area contributed by atoms with E-state index in [4.69, 9.17) is 4.42 Å². The molecule has 1 fully saturated rings. The number of nitrogens with zero attached hydrogens (tertiary/aromatic N) is 2. The molecule has 0 atom stereocenters. The zero-order valence-corrected chi connectivity index (χ0v) is 15.9. The summed E-state index contributed by atoms with van der Waals surface area (Å²) in [6, 6.07) is 7.42. The Balaban J connectivity index is 1.47. The number of hydrogen-bond donors (Lipinski definition) is 0. The van der Waals surface area contributed by atoms with E-state index < -0.39 is 12.8 Å². The molecule has 8 heteroatoms. The summed E-state index contributed by atoms with van der Waals surface area (Å²) in [5.41, 5.74) is 2.27. The molecule has 2 aromatic rings. The fraction of sp³-hybridized carbons (Fsp3) is 0.550. The largest absolute Gasteiger partial charge is 0.423 e. The first-order valence-corrected chi connectivity index (χ1v) is 9.43. The second-order valence-electron chi connectivity index (χ2n) is 7.23. The van der Waals surface area contributed by atoms with Gasteiger partial charge >= 0.3 is 11.8 Å². The first kappa shape index (κ1) is 20.8. The van der Waals surface area contributed by atoms with Gasteiger partial charge in [0.05, 0.1) is 0 Å². The van der Waals surface area contributed by atoms with Gasteiger partial charge in [0, 0.05) is 57.3 Å². The highest BCUT2D eigenvalue weighted by atomic mass is 19.4. The van der Waals surface area contributed by atoms with Gasteiger partial charge in [-0.25, -0.2) is 4.79 Å². The van der Waals surface area contributed by atoms with Crippen molar-refractivity contribution in [3.8, 4) is 0 Å². The van der Waals surface area contributed by atoms with Crippen LogP contribution in [0, 0.1) is 6.92 Å². The lowest BCUT2D eigenvalue weighted by Crippen LogP contribution is -2.46. The standard InChI is InChI=1S/C20H25F3N2O3/c1-15-3-4-17-16(12-19(26)28-18(17)11-15)13-25-8-6-24(7-9-25)5-2-10-27-14-20(21,22)23/h3-4,11-12H,2,5-10,13-14H2,1H3. The van der Waals surface area contributed by atoms with Gasteiger partial charge in [0.15, 0.2) is 0 Å². The van der Waals surface area contributed by atoms with Crippen LogP contribution in [0.3, 0.4) is 0 Å². The summed E-state index contributed by atoms with van der Waals surface area (Å²) in [6.45, 7) is 5.67. The maximum atomic E-state index is 12.0. The molecular weight excluding hydrogens is 373 g/mol. The van der Waals surface area contributed by atoms with Gasteiger partial charge in [0.1, 0.15) is 12.2 Å². The van der Waals surface area contributed by atoms with Crippen molar-refractivity contribution in [1.82, 2.24) is 9.80 Å². The van der Waals surface area contributed by atoms with Crippen molar-refractivity contribution >= 4 is 11.0 Å². The van der Waals surface area contributed by atoms with Gasteiger partial charge < -0.3 is 14.1 Å². The van der Waals surface area contributed by atoms with E-state index in [1.54, 1.807) is 6.07 Å². The number of ether oxygens (including phenoxy) is 1. The minimum Gasteiger partial charge on any atom is -0.423 e. The monoisotopic (exact) mass is 398 g/mol. The second kappa shape index (κ2) is 9.07. The van der Waals surface area contributed by atoms with Crippen LogP contribution < -0.4 is 5.63 Å². The molecule has 154 valence electrons. The highest BCUT2D eigenvalue weighted by molar-refractivity contribution is 5.80. The number of fused-ring (bicyclic) bond motifs is 1. The van der Waals surface area contributed by atoms with E-state index in [2.05, 4.69) is 14.5 Å². The maximum Gasteiger partial charge on any atom is 0.411 e. The van der Waals surface area contributed by atoms with Crippen molar-refractivity contribution in [3.63, 3.8) is 0 Å². The Hall–Kier alpha value is -1.90. The Kier molecular flexibility index (Phi) is 6.74. The first-order chi connectivity index (χ1) is 13.3. The number of alkyl halides is 3. The Bertz CT molecular complexity index is 843. The van der Waals surface area contributed by atoms with Crippen LogP contribution in [-0.4, -0.2) is 61.9 Å². The molecule has 5 nitrogen and oxygen atoms in total. The molecule has 3 rings (SSSR count). The van der Waals surface area contributed by atoms with Crippen LogP contribution in [0.1, 0.15) is 17.5 Å². The van der Waals surface area contributed by atoms with E-state index in [1.807, 2.05) is 25.1 Å². The Labute approximate surface area is 161 Å². The molecule has 0 saturated carbocycles. The predicted molar refractivity (Wildman–Crippen MR) is 100 cm³/mol. The van der Waals surface area contributed by atoms with Crippen LogP contribution in [0.15, 0.2) is 33.5 Å². The summed E-state index contributed by atoms with van der Waals surface area (Å²) in [4.78, 5) is 16.4. The minimum atomic E-state index is -4.26. The summed E-state index contributed by atoms with van der Waals surface area (Å²) < 4.78 is 46.1. The highest BCUT2D eigenvalue weighted by Crippen LogP contribution is 2.20. The van der Waals surface area contributed by atoms with E-state index in [0.717, 1.165) is 49.2 Å². The average Bonchev–Trinajstić information content (AvgIpc) is 2.61. The summed E-state index contributed by atoms with van der Waals surface area (Å²) in [5, 5.41) is 0.953. The van der Waals surface area contributed by atoms with E-state index in [-0.39, 0.29) is 12.2 Å². The quantitative estimate of drug-likeness (QED) is 0.530. The number of aryl methyl sites for hydroxylation is 1. The summed E-state index contributed by atoms with van der Waals surface area (Å²) in [6.07, 6.45) is -3.68. The fourth-order valence-corrected chi connectivity index (χ4v) is 3.46. The number of piperazine rings is 1. The average molecular weight is 398 g/mol. The summed E-state index contributed by atoms with van der Waals surface area (Å²) in [7, 11) is 0. The smallest absolute Gasteiger partial charge is 0.411 e. The number of rotatable bonds is 7. The molecule has 0 unspecified atom stereocenters. The van der Waals surface area contributed by atoms with Crippen LogP contribution in [0.25, 0.3) is 11.0 Å². The van der Waals surface area contributed by atoms with E-state index >= 15 is 0 Å². The number of halogens is 3. The van der Waals surface area contributed by atoms with Crippen molar-refractivity contribution < 1.29 is 22.3 Å². The summed E-state index contributed by atoms with van der Waals surface area (Å²) in [5.74, 6) is 0. The second-order valence-corrected chi connectivity index (χ2v) is 7.23. The van der Waals surface area contributed by atoms with Crippen LogP contribution in [0.2, 0.25) is 0 Å². The van der Waals surface area contributed by atoms with Gasteiger partial charge in [0.25, 0.3) is 0 Å². The van der Waals surface area contributed by atoms with Crippen LogP contribution >= 0.6 is 0 Å². The molecule has 0 bridgehead atoms. The third kappa shape index (κ3) is 6.05. The Morgan fingerprint density at radius 2 is 1.82 bits per heavy atom. The molecule has 2 heterocycles. The van der Waals surface area contributed by atoms with Crippen molar-refractivity contribution in [2.24, 2.45) is 0 Å². The molecule has 1 aliphatic heterocycles. The van der Waals surface area contributed by atoms with Crippen molar-refractivity contribution in [1.29, 1.82) is 0 Å². The van der Waals surface area contributed by atoms with Gasteiger partial charge in [-0.15, -0.1) is 0 Å². The highest BCUT2D eigenvalue weighted by Gasteiger charge is 2.27. The van der Waals surface area contributed by atoms with Gasteiger partial charge in [-0.1, -0.05) is 12.1 Å². The molecule has 0 N–H and O–H groups in total. The molecule has 0 spiro atoms. The molecular formula is C20H25F3N2O3. The van der Waals surface area contributed by atoms with E-state index in [1.165, 1.54) is 0 Å². The van der Waals surface area contributed by atoms with Crippen LogP contribution in [0.4, 0.5) is 13.2 Å². The van der Waals surface area contributed by atoms with Gasteiger partial charge in [-0.05, 0) is 30.5 Å². The lowest BCUT2D eigenvalue weighted by atomic mass is 10.1. The molecule has 1 aliphatic rings. The normalized spacial score (nSPS) is 16.7. The summed E-state index contributed by atoms with van der Waals surface area (Å²) >= 11 is 0. The van der Waals surface area contributed by atoms with E-state index in [0.29, 0.717) is 18.5 Å². The zero-order chi connectivity index (χ0) is 20.1. The molecule has 0 amide bonds. The SMILES string of the molecule is Cc1ccc2c(CN3CCN(CCCOCC(F)(F)F)CC3)cc(=O)oc2c1. The topological polar surface area (TPSA) is 45.9 Å². The van der Waals surface area contributed by atoms with Gasteiger partial charge in [-0.3, -0.25) is 4.90 Å². The Morgan fingerprint density at radius 1 is 1.11 bits per heavy atom. The zero-order valence-electron chi connectivity index (χ0n) is 15.9. The van der Waals surface area contributed by atoms with Gasteiger partial charge in [0.2, 0.25) is 0 Å². The van der Waals surface area contributed by atoms with Crippen LogP contribution in [-0.2, 0) is 11.3 Å². The molecule has 1 aromatic heterocycles. The van der Waals surface area contributed by atoms with Crippen LogP contribution in [0.5, 0.6) is 0 Å². The molecule has 0 aliphatic carbocycles. The molecule has 28 heavy (non-hydrogen) atoms. The molecule has 1 aromatic carbocycles. The van der Waals surface area contributed by atoms with Crippen molar-refractivity contribution in [2.75, 3.05) is 45.9 Å². The van der Waals surface area contributed by atoms with Crippen molar-refractivity contribution in [2.45, 2.75) is 26.1 Å². The maximum absolute atomic E-state index is 12.0. The van der Waals surface area contributed by atoms with E-state index in [9.17, 15) is 18.0 Å². The van der Waals surface area contributed by atoms with Gasteiger partial charge in [-0.2, -0.15) is 13.2 Å². The predicted octanol–water partition coefficient (Wildman–Crippen LogP) is 3.19. The number of benzene rings is 1. The fourth-order valence-electron chi connectivity index (χ4n) is 3.46. The number of hydrogen-bond acceptors (Lipinski definition) is 5. The first-order valence-electron chi connectivity index (χ1n) is 9.43. The Morgan fingerprint density at radius 3 is 2.54 bits per heavy atom. The lowest BCUT2D eigenvalue weighted by Gasteiger charge is -2.34. The minimum absolute atomic E-state index is 0.116. The lowest BCUT2D eigenvalue weighted by molar-refractivity contribution is -0.174. The molecule has 1 saturated heterocycles.